The van der Waals surface area contributed by atoms with Gasteiger partial charge in [0.2, 0.25) is 11.8 Å². The molecular weight excluding hydrogens is 448 g/mol. The van der Waals surface area contributed by atoms with Crippen LogP contribution in [0.1, 0.15) is 59.3 Å². The second kappa shape index (κ2) is 11.7. The first kappa shape index (κ1) is 27.4. The van der Waals surface area contributed by atoms with E-state index in [0.29, 0.717) is 32.4 Å². The zero-order valence-electron chi connectivity index (χ0n) is 21.5. The Hall–Kier alpha value is -2.19. The quantitative estimate of drug-likeness (QED) is 0.229. The summed E-state index contributed by atoms with van der Waals surface area (Å²) in [6.45, 7) is 14.3. The fraction of sp³-hybridized carbons (Fsp3) is 0.741. The van der Waals surface area contributed by atoms with Crippen molar-refractivity contribution in [1.29, 1.82) is 0 Å². The fourth-order valence-electron chi connectivity index (χ4n) is 6.08. The molecule has 2 unspecified atom stereocenters. The largest absolute Gasteiger partial charge is 0.465 e. The fourth-order valence-corrected chi connectivity index (χ4v) is 6.08. The van der Waals surface area contributed by atoms with E-state index in [1.165, 1.54) is 0 Å². The van der Waals surface area contributed by atoms with Crippen molar-refractivity contribution >= 4 is 17.8 Å². The first-order valence-electron chi connectivity index (χ1n) is 13.1. The first-order valence-corrected chi connectivity index (χ1v) is 13.1. The summed E-state index contributed by atoms with van der Waals surface area (Å²) in [5.41, 5.74) is -1.09. The minimum absolute atomic E-state index is 0.0838. The van der Waals surface area contributed by atoms with Gasteiger partial charge in [0.05, 0.1) is 37.2 Å². The Labute approximate surface area is 209 Å². The van der Waals surface area contributed by atoms with E-state index in [-0.39, 0.29) is 30.9 Å². The van der Waals surface area contributed by atoms with Gasteiger partial charge in [-0.15, -0.1) is 13.2 Å². The van der Waals surface area contributed by atoms with Gasteiger partial charge in [0.1, 0.15) is 11.6 Å². The van der Waals surface area contributed by atoms with Crippen LogP contribution in [0.2, 0.25) is 0 Å². The first-order chi connectivity index (χ1) is 16.8. The molecule has 3 aliphatic heterocycles. The number of hydrogen-bond acceptors (Lipinski definition) is 6. The number of likely N-dealkylation sites (tertiary alicyclic amines) is 1. The van der Waals surface area contributed by atoms with E-state index in [0.717, 1.165) is 19.3 Å². The van der Waals surface area contributed by atoms with Crippen molar-refractivity contribution in [3.05, 3.63) is 25.3 Å². The number of unbranched alkanes of at least 4 members (excludes halogenated alkanes) is 2. The molecule has 0 radical (unpaired) electrons. The Morgan fingerprint density at radius 2 is 2.06 bits per heavy atom. The summed E-state index contributed by atoms with van der Waals surface area (Å²) in [5.74, 6) is -2.54. The third kappa shape index (κ3) is 4.92. The average molecular weight is 491 g/mol. The van der Waals surface area contributed by atoms with Gasteiger partial charge in [-0.05, 0) is 38.0 Å². The number of ether oxygens (including phenoxy) is 2. The van der Waals surface area contributed by atoms with E-state index in [9.17, 15) is 19.5 Å². The van der Waals surface area contributed by atoms with Gasteiger partial charge in [-0.3, -0.25) is 14.4 Å². The molecule has 1 N–H and O–H groups in total. The Kier molecular flexibility index (Phi) is 9.16. The van der Waals surface area contributed by atoms with Crippen molar-refractivity contribution in [2.75, 3.05) is 26.3 Å². The van der Waals surface area contributed by atoms with E-state index >= 15 is 0 Å². The average Bonchev–Trinajstić information content (AvgIpc) is 3.47. The number of hydrogen-bond donors (Lipinski definition) is 1. The molecule has 3 heterocycles. The summed E-state index contributed by atoms with van der Waals surface area (Å²) < 4.78 is 12.0. The molecule has 1 spiro atoms. The van der Waals surface area contributed by atoms with E-state index in [4.69, 9.17) is 9.47 Å². The number of aliphatic hydroxyl groups excluding tert-OH is 1. The highest BCUT2D eigenvalue weighted by molar-refractivity contribution is 5.98. The summed E-state index contributed by atoms with van der Waals surface area (Å²) in [6.07, 6.45) is 7.28. The molecule has 0 saturated carbocycles. The van der Waals surface area contributed by atoms with Crippen LogP contribution in [-0.2, 0) is 23.9 Å². The van der Waals surface area contributed by atoms with Gasteiger partial charge in [0.15, 0.2) is 0 Å². The monoisotopic (exact) mass is 490 g/mol. The second-order valence-electron chi connectivity index (χ2n) is 10.3. The molecular formula is C27H42N2O6. The number of amides is 2. The molecule has 8 heteroatoms. The van der Waals surface area contributed by atoms with Crippen LogP contribution in [0.25, 0.3) is 0 Å². The number of rotatable bonds is 14. The molecule has 35 heavy (non-hydrogen) atoms. The molecule has 3 fully saturated rings. The third-order valence-corrected chi connectivity index (χ3v) is 7.80. The van der Waals surface area contributed by atoms with Crippen LogP contribution >= 0.6 is 0 Å². The lowest BCUT2D eigenvalue weighted by Crippen LogP contribution is -2.59. The Morgan fingerprint density at radius 1 is 1.31 bits per heavy atom. The van der Waals surface area contributed by atoms with Crippen molar-refractivity contribution < 1.29 is 29.0 Å². The number of aliphatic hydroxyl groups is 1. The highest BCUT2D eigenvalue weighted by Crippen LogP contribution is 2.59. The minimum Gasteiger partial charge on any atom is -0.465 e. The molecule has 196 valence electrons. The molecule has 0 aliphatic carbocycles. The van der Waals surface area contributed by atoms with Gasteiger partial charge in [-0.1, -0.05) is 39.3 Å². The standard InChI is InChI=1S/C27H42N2O6/c1-6-9-11-16-34-26(33)21-20-12-13-27(35-20)22(21)24(31)29(19(17-30)18(4)5)23(27)25(32)28(14-8-3)15-10-7-2/h6,8,18-23,30H,1,3,7,9-17H2,2,4-5H3/t19-,20-,21+,22-,23?,27?/m0/s1. The molecule has 6 atom stereocenters. The van der Waals surface area contributed by atoms with Crippen molar-refractivity contribution in [3.8, 4) is 0 Å². The molecule has 3 saturated heterocycles. The lowest BCUT2D eigenvalue weighted by molar-refractivity contribution is -0.157. The summed E-state index contributed by atoms with van der Waals surface area (Å²) >= 11 is 0. The number of carbonyl (C=O) groups is 3. The zero-order chi connectivity index (χ0) is 25.8. The lowest BCUT2D eigenvalue weighted by atomic mass is 9.70. The van der Waals surface area contributed by atoms with E-state index in [1.807, 2.05) is 13.8 Å². The third-order valence-electron chi connectivity index (χ3n) is 7.80. The van der Waals surface area contributed by atoms with E-state index < -0.39 is 41.6 Å². The Bertz CT molecular complexity index is 813. The van der Waals surface area contributed by atoms with Gasteiger partial charge in [0, 0.05) is 13.1 Å². The van der Waals surface area contributed by atoms with Crippen molar-refractivity contribution in [2.45, 2.75) is 83.1 Å². The van der Waals surface area contributed by atoms with Crippen LogP contribution in [0.5, 0.6) is 0 Å². The molecule has 0 aromatic rings. The number of nitrogens with zero attached hydrogens (tertiary/aromatic N) is 2. The van der Waals surface area contributed by atoms with Crippen LogP contribution < -0.4 is 0 Å². The van der Waals surface area contributed by atoms with Gasteiger partial charge < -0.3 is 24.4 Å². The Morgan fingerprint density at radius 3 is 2.66 bits per heavy atom. The van der Waals surface area contributed by atoms with Gasteiger partial charge in [-0.2, -0.15) is 0 Å². The van der Waals surface area contributed by atoms with Crippen molar-refractivity contribution in [1.82, 2.24) is 9.80 Å². The maximum atomic E-state index is 14.1. The highest BCUT2D eigenvalue weighted by Gasteiger charge is 2.75. The molecule has 8 nitrogen and oxygen atoms in total. The molecule has 0 aromatic carbocycles. The highest BCUT2D eigenvalue weighted by atomic mass is 16.6. The normalized spacial score (nSPS) is 29.9. The van der Waals surface area contributed by atoms with Crippen LogP contribution in [0, 0.1) is 17.8 Å². The van der Waals surface area contributed by atoms with Crippen LogP contribution in [0.4, 0.5) is 0 Å². The number of allylic oxidation sites excluding steroid dienone is 1. The second-order valence-corrected chi connectivity index (χ2v) is 10.3. The predicted octanol–water partition coefficient (Wildman–Crippen LogP) is 2.70. The number of esters is 1. The van der Waals surface area contributed by atoms with Crippen molar-refractivity contribution in [2.24, 2.45) is 17.8 Å². The number of fused-ring (bicyclic) bond motifs is 1. The smallest absolute Gasteiger partial charge is 0.312 e. The minimum atomic E-state index is -1.09. The molecule has 3 aliphatic rings. The summed E-state index contributed by atoms with van der Waals surface area (Å²) in [7, 11) is 0. The number of carbonyl (C=O) groups excluding carboxylic acids is 3. The summed E-state index contributed by atoms with van der Waals surface area (Å²) in [4.78, 5) is 44.5. The predicted molar refractivity (Wildman–Crippen MR) is 132 cm³/mol. The van der Waals surface area contributed by atoms with Crippen LogP contribution in [-0.4, -0.2) is 82.8 Å². The summed E-state index contributed by atoms with van der Waals surface area (Å²) in [6, 6.07) is -1.44. The van der Waals surface area contributed by atoms with Crippen molar-refractivity contribution in [3.63, 3.8) is 0 Å². The maximum Gasteiger partial charge on any atom is 0.312 e. The van der Waals surface area contributed by atoms with E-state index in [2.05, 4.69) is 20.1 Å². The zero-order valence-corrected chi connectivity index (χ0v) is 21.5. The SMILES string of the molecule is C=CCCCOC(=O)[C@@H]1[C@@H]2CCC3(O2)C(C(=O)N(CC=C)CCCC)N([C@@H](CO)C(C)C)C(=O)[C@H]13. The summed E-state index contributed by atoms with van der Waals surface area (Å²) in [5, 5.41) is 10.3. The molecule has 3 rings (SSSR count). The molecule has 0 aromatic heterocycles. The maximum absolute atomic E-state index is 14.1. The van der Waals surface area contributed by atoms with E-state index in [1.54, 1.807) is 22.0 Å². The molecule has 2 bridgehead atoms. The van der Waals surface area contributed by atoms with Gasteiger partial charge in [0.25, 0.3) is 0 Å². The molecule has 2 amide bonds. The lowest BCUT2D eigenvalue weighted by Gasteiger charge is -2.40. The van der Waals surface area contributed by atoms with Gasteiger partial charge >= 0.3 is 5.97 Å². The van der Waals surface area contributed by atoms with Crippen LogP contribution in [0.15, 0.2) is 25.3 Å². The van der Waals surface area contributed by atoms with Crippen LogP contribution in [0.3, 0.4) is 0 Å². The van der Waals surface area contributed by atoms with Gasteiger partial charge in [-0.25, -0.2) is 0 Å². The Balaban J connectivity index is 1.99. The topological polar surface area (TPSA) is 96.4 Å².